The third kappa shape index (κ3) is 3.18. The highest BCUT2D eigenvalue weighted by molar-refractivity contribution is 7.86. The van der Waals surface area contributed by atoms with Crippen LogP contribution in [0.3, 0.4) is 0 Å². The Kier molecular flexibility index (Phi) is 4.55. The first-order chi connectivity index (χ1) is 13.5. The van der Waals surface area contributed by atoms with Crippen molar-refractivity contribution in [2.45, 2.75) is 23.8 Å². The van der Waals surface area contributed by atoms with Crippen molar-refractivity contribution in [3.8, 4) is 5.75 Å². The van der Waals surface area contributed by atoms with Gasteiger partial charge >= 0.3 is 0 Å². The Labute approximate surface area is 175 Å². The molecule has 1 aliphatic heterocycles. The Balaban J connectivity index is 1.26. The molecule has 1 aromatic heterocycles. The molecule has 8 heteroatoms. The van der Waals surface area contributed by atoms with Crippen LogP contribution >= 0.6 is 23.2 Å². The maximum absolute atomic E-state index is 12.8. The van der Waals surface area contributed by atoms with Crippen LogP contribution in [0, 0.1) is 5.41 Å². The van der Waals surface area contributed by atoms with Gasteiger partial charge in [0, 0.05) is 30.1 Å². The van der Waals surface area contributed by atoms with Crippen LogP contribution in [0.5, 0.6) is 5.75 Å². The minimum absolute atomic E-state index is 0.288. The first kappa shape index (κ1) is 18.3. The minimum Gasteiger partial charge on any atom is -0.490 e. The standard InChI is InChI=1S/C20H19Cl2N3O2S/c21-15-5-6-17(19-18(15)16(22)9-24-19)25-28(26)14-3-1-12(2-4-14)27-13-7-20(8-13)10-23-11-20/h1-6,9,13,23-25H,7-8,10-11H2. The quantitative estimate of drug-likeness (QED) is 0.541. The van der Waals surface area contributed by atoms with E-state index in [0.29, 0.717) is 31.4 Å². The molecule has 0 radical (unpaired) electrons. The van der Waals surface area contributed by atoms with Crippen molar-refractivity contribution in [2.75, 3.05) is 17.8 Å². The molecule has 1 spiro atoms. The van der Waals surface area contributed by atoms with Gasteiger partial charge < -0.3 is 15.0 Å². The van der Waals surface area contributed by atoms with Crippen molar-refractivity contribution in [2.24, 2.45) is 5.41 Å². The van der Waals surface area contributed by atoms with Gasteiger partial charge in [-0.3, -0.25) is 4.72 Å². The van der Waals surface area contributed by atoms with E-state index in [1.807, 2.05) is 24.3 Å². The van der Waals surface area contributed by atoms with E-state index in [1.165, 1.54) is 0 Å². The van der Waals surface area contributed by atoms with E-state index in [-0.39, 0.29) is 6.10 Å². The van der Waals surface area contributed by atoms with Crippen LogP contribution < -0.4 is 14.8 Å². The van der Waals surface area contributed by atoms with Crippen molar-refractivity contribution >= 4 is 50.8 Å². The van der Waals surface area contributed by atoms with Crippen molar-refractivity contribution in [3.63, 3.8) is 0 Å². The number of aromatic amines is 1. The number of hydrogen-bond donors (Lipinski definition) is 3. The maximum atomic E-state index is 12.8. The molecule has 3 N–H and O–H groups in total. The molecule has 1 aliphatic carbocycles. The fourth-order valence-electron chi connectivity index (χ4n) is 4.00. The average Bonchev–Trinajstić information content (AvgIpc) is 3.02. The smallest absolute Gasteiger partial charge is 0.150 e. The summed E-state index contributed by atoms with van der Waals surface area (Å²) in [5.74, 6) is 0.818. The van der Waals surface area contributed by atoms with Gasteiger partial charge in [-0.25, -0.2) is 4.21 Å². The Morgan fingerprint density at radius 3 is 2.50 bits per heavy atom. The van der Waals surface area contributed by atoms with Gasteiger partial charge in [0.25, 0.3) is 0 Å². The van der Waals surface area contributed by atoms with E-state index < -0.39 is 11.0 Å². The highest BCUT2D eigenvalue weighted by Gasteiger charge is 2.49. The molecule has 2 fully saturated rings. The highest BCUT2D eigenvalue weighted by atomic mass is 35.5. The van der Waals surface area contributed by atoms with Gasteiger partial charge in [0.15, 0.2) is 0 Å². The molecule has 5 rings (SSSR count). The summed E-state index contributed by atoms with van der Waals surface area (Å²) in [6.45, 7) is 2.22. The largest absolute Gasteiger partial charge is 0.490 e. The van der Waals surface area contributed by atoms with Crippen LogP contribution in [0.1, 0.15) is 12.8 Å². The average molecular weight is 436 g/mol. The van der Waals surface area contributed by atoms with Crippen LogP contribution in [0.25, 0.3) is 10.9 Å². The van der Waals surface area contributed by atoms with Gasteiger partial charge in [-0.2, -0.15) is 0 Å². The molecule has 5 nitrogen and oxygen atoms in total. The first-order valence-electron chi connectivity index (χ1n) is 9.14. The number of nitrogens with one attached hydrogen (secondary N) is 3. The summed E-state index contributed by atoms with van der Waals surface area (Å²) >= 11 is 12.4. The number of benzene rings is 2. The molecule has 146 valence electrons. The molecule has 2 aliphatic rings. The van der Waals surface area contributed by atoms with Gasteiger partial charge in [0.1, 0.15) is 16.7 Å². The van der Waals surface area contributed by atoms with E-state index in [1.54, 1.807) is 18.3 Å². The highest BCUT2D eigenvalue weighted by Crippen LogP contribution is 2.45. The Hall–Kier alpha value is -1.73. The van der Waals surface area contributed by atoms with Gasteiger partial charge in [-0.15, -0.1) is 0 Å². The lowest BCUT2D eigenvalue weighted by atomic mass is 9.63. The van der Waals surface area contributed by atoms with Crippen molar-refractivity contribution in [1.29, 1.82) is 0 Å². The number of rotatable bonds is 5. The van der Waals surface area contributed by atoms with Gasteiger partial charge in [0.2, 0.25) is 0 Å². The molecule has 0 amide bonds. The number of ether oxygens (including phenoxy) is 1. The molecule has 1 saturated carbocycles. The number of H-pyrrole nitrogens is 1. The summed E-state index contributed by atoms with van der Waals surface area (Å²) in [6, 6.07) is 10.9. The fourth-order valence-corrected chi connectivity index (χ4v) is 5.43. The second-order valence-corrected chi connectivity index (χ2v) is 9.60. The molecule has 3 aromatic rings. The topological polar surface area (TPSA) is 66.2 Å². The number of hydrogen-bond acceptors (Lipinski definition) is 3. The number of aromatic nitrogens is 1. The summed E-state index contributed by atoms with van der Waals surface area (Å²) in [5, 5.41) is 5.13. The van der Waals surface area contributed by atoms with Crippen molar-refractivity contribution in [1.82, 2.24) is 10.3 Å². The van der Waals surface area contributed by atoms with E-state index >= 15 is 0 Å². The number of halogens is 2. The molecular formula is C20H19Cl2N3O2S. The lowest BCUT2D eigenvalue weighted by Crippen LogP contribution is -2.62. The Bertz CT molecular complexity index is 1060. The number of fused-ring (bicyclic) bond motifs is 1. The van der Waals surface area contributed by atoms with Crippen molar-refractivity contribution < 1.29 is 8.95 Å². The summed E-state index contributed by atoms with van der Waals surface area (Å²) < 4.78 is 21.8. The second-order valence-electron chi connectivity index (χ2n) is 7.58. The summed E-state index contributed by atoms with van der Waals surface area (Å²) in [5.41, 5.74) is 1.90. The van der Waals surface area contributed by atoms with E-state index in [0.717, 1.165) is 37.2 Å². The SMILES string of the molecule is O=S(Nc1ccc(Cl)c2c(Cl)c[nH]c12)c1ccc(OC2CC3(CNC3)C2)cc1. The Morgan fingerprint density at radius 2 is 1.82 bits per heavy atom. The third-order valence-corrected chi connectivity index (χ3v) is 7.32. The normalized spacial score (nSPS) is 19.2. The Morgan fingerprint density at radius 1 is 1.07 bits per heavy atom. The number of anilines is 1. The van der Waals surface area contributed by atoms with E-state index in [4.69, 9.17) is 27.9 Å². The van der Waals surface area contributed by atoms with E-state index in [2.05, 4.69) is 15.0 Å². The molecule has 1 atom stereocenters. The summed E-state index contributed by atoms with van der Waals surface area (Å²) in [7, 11) is -1.42. The predicted octanol–water partition coefficient (Wildman–Crippen LogP) is 4.74. The van der Waals surface area contributed by atoms with Crippen LogP contribution in [0.4, 0.5) is 5.69 Å². The molecule has 28 heavy (non-hydrogen) atoms. The molecule has 0 bridgehead atoms. The zero-order valence-corrected chi connectivity index (χ0v) is 17.3. The second kappa shape index (κ2) is 6.95. The van der Waals surface area contributed by atoms with Gasteiger partial charge in [-0.1, -0.05) is 23.2 Å². The lowest BCUT2D eigenvalue weighted by Gasteiger charge is -2.53. The third-order valence-electron chi connectivity index (χ3n) is 5.60. The fraction of sp³-hybridized carbons (Fsp3) is 0.300. The van der Waals surface area contributed by atoms with Crippen molar-refractivity contribution in [3.05, 3.63) is 52.6 Å². The monoisotopic (exact) mass is 435 g/mol. The van der Waals surface area contributed by atoms with Gasteiger partial charge in [0.05, 0.1) is 32.2 Å². The van der Waals surface area contributed by atoms with E-state index in [9.17, 15) is 4.21 Å². The van der Waals surface area contributed by atoms with Crippen LogP contribution in [-0.4, -0.2) is 28.4 Å². The predicted molar refractivity (Wildman–Crippen MR) is 114 cm³/mol. The lowest BCUT2D eigenvalue weighted by molar-refractivity contribution is -0.0495. The molecule has 1 saturated heterocycles. The summed E-state index contributed by atoms with van der Waals surface area (Å²) in [6.07, 6.45) is 4.18. The molecule has 2 heterocycles. The molecule has 2 aromatic carbocycles. The maximum Gasteiger partial charge on any atom is 0.150 e. The van der Waals surface area contributed by atoms with Crippen LogP contribution in [0.15, 0.2) is 47.5 Å². The first-order valence-corrected chi connectivity index (χ1v) is 11.0. The van der Waals surface area contributed by atoms with Crippen LogP contribution in [-0.2, 0) is 11.0 Å². The molecular weight excluding hydrogens is 417 g/mol. The minimum atomic E-state index is -1.42. The zero-order valence-electron chi connectivity index (χ0n) is 14.9. The zero-order chi connectivity index (χ0) is 19.3. The summed E-state index contributed by atoms with van der Waals surface area (Å²) in [4.78, 5) is 3.74. The molecule has 1 unspecified atom stereocenters. The van der Waals surface area contributed by atoms with Gasteiger partial charge in [-0.05, 0) is 49.2 Å². The van der Waals surface area contributed by atoms with Crippen LogP contribution in [0.2, 0.25) is 10.0 Å².